The molecule has 6 amide bonds. The lowest BCUT2D eigenvalue weighted by Crippen LogP contribution is -2.41. The molecule has 0 aliphatic rings. The van der Waals surface area contributed by atoms with Crippen LogP contribution in [0.5, 0.6) is 0 Å². The van der Waals surface area contributed by atoms with E-state index in [0.717, 1.165) is 24.2 Å². The maximum absolute atomic E-state index is 12.9. The van der Waals surface area contributed by atoms with Gasteiger partial charge in [0.05, 0.1) is 81.8 Å². The second-order valence-corrected chi connectivity index (χ2v) is 23.7. The second-order valence-electron chi connectivity index (χ2n) is 23.7. The van der Waals surface area contributed by atoms with Gasteiger partial charge in [0.15, 0.2) is 0 Å². The summed E-state index contributed by atoms with van der Waals surface area (Å²) in [6, 6.07) is 19.3. The number of hydrogen-bond acceptors (Lipinski definition) is 18. The molecule has 486 valence electrons. The third kappa shape index (κ3) is 31.7. The van der Waals surface area contributed by atoms with Gasteiger partial charge in [-0.1, -0.05) is 24.3 Å². The number of quaternary nitrogens is 2. The molecule has 0 aliphatic carbocycles. The van der Waals surface area contributed by atoms with Crippen LogP contribution in [-0.4, -0.2) is 190 Å². The predicted molar refractivity (Wildman–Crippen MR) is 324 cm³/mol. The molecule has 3 aromatic rings. The molecule has 0 radical (unpaired) electrons. The SMILES string of the molecule is CC(=O)OCC(C)(COC(=O)OCCCCCNC(=O)Nc1ccc(CNC(=O)c2ccc(C(=O)NCc3ccc(NC(=O)NCCCCCOC(=O)OCC(C)(COC(C)=O)C(=O)OCCC[N+](C)(C)C)cc3)cc2)cc1)C(=O)OCCC[N+](C)(C)C. The van der Waals surface area contributed by atoms with E-state index in [1.165, 1.54) is 27.7 Å². The Hall–Kier alpha value is -8.52. The maximum atomic E-state index is 12.9. The zero-order valence-corrected chi connectivity index (χ0v) is 52.7. The van der Waals surface area contributed by atoms with Crippen molar-refractivity contribution in [1.29, 1.82) is 0 Å². The fourth-order valence-electron chi connectivity index (χ4n) is 7.74. The molecular weight excluding hydrogens is 1140 g/mol. The summed E-state index contributed by atoms with van der Waals surface area (Å²) in [5.41, 5.74) is 0.514. The average Bonchev–Trinajstić information content (AvgIpc) is 3.35. The van der Waals surface area contributed by atoms with Gasteiger partial charge in [-0.2, -0.15) is 0 Å². The molecule has 0 fully saturated rings. The van der Waals surface area contributed by atoms with Crippen molar-refractivity contribution in [3.63, 3.8) is 0 Å². The Kier molecular flexibility index (Phi) is 31.8. The summed E-state index contributed by atoms with van der Waals surface area (Å²) in [7, 11) is 12.1. The van der Waals surface area contributed by atoms with E-state index in [2.05, 4.69) is 31.9 Å². The quantitative estimate of drug-likeness (QED) is 0.0148. The Morgan fingerprint density at radius 2 is 0.716 bits per heavy atom. The number of esters is 4. The number of carbonyl (C=O) groups is 10. The number of unbranched alkanes of at least 4 members (excludes halogenated alkanes) is 4. The van der Waals surface area contributed by atoms with Crippen molar-refractivity contribution in [2.75, 3.05) is 132 Å². The number of carbonyl (C=O) groups excluding carboxylic acids is 10. The van der Waals surface area contributed by atoms with Gasteiger partial charge >= 0.3 is 48.3 Å². The van der Waals surface area contributed by atoms with E-state index >= 15 is 0 Å². The summed E-state index contributed by atoms with van der Waals surface area (Å²) >= 11 is 0. The minimum atomic E-state index is -1.42. The summed E-state index contributed by atoms with van der Waals surface area (Å²) < 4.78 is 42.9. The van der Waals surface area contributed by atoms with Crippen molar-refractivity contribution < 1.29 is 94.8 Å². The van der Waals surface area contributed by atoms with Gasteiger partial charge in [0, 0.05) is 75.4 Å². The largest absolute Gasteiger partial charge is 0.508 e. The van der Waals surface area contributed by atoms with Crippen molar-refractivity contribution in [2.45, 2.75) is 92.2 Å². The van der Waals surface area contributed by atoms with Crippen LogP contribution >= 0.6 is 0 Å². The Morgan fingerprint density at radius 1 is 0.386 bits per heavy atom. The molecule has 0 saturated carbocycles. The summed E-state index contributed by atoms with van der Waals surface area (Å²) in [5, 5.41) is 16.8. The van der Waals surface area contributed by atoms with Crippen LogP contribution < -0.4 is 31.9 Å². The first-order valence-electron chi connectivity index (χ1n) is 29.3. The zero-order valence-electron chi connectivity index (χ0n) is 52.7. The van der Waals surface area contributed by atoms with E-state index in [4.69, 9.17) is 37.9 Å². The molecule has 0 aromatic heterocycles. The number of amides is 6. The first-order chi connectivity index (χ1) is 41.5. The van der Waals surface area contributed by atoms with Crippen LogP contribution in [0.2, 0.25) is 0 Å². The Morgan fingerprint density at radius 3 is 1.05 bits per heavy atom. The first-order valence-corrected chi connectivity index (χ1v) is 29.3. The summed E-state index contributed by atoms with van der Waals surface area (Å²) in [6.07, 6.45) is 2.74. The molecule has 26 nitrogen and oxygen atoms in total. The molecule has 88 heavy (non-hydrogen) atoms. The number of benzene rings is 3. The smallest absolute Gasteiger partial charge is 0.465 e. The fourth-order valence-corrected chi connectivity index (χ4v) is 7.74. The van der Waals surface area contributed by atoms with Crippen LogP contribution in [-0.2, 0) is 70.2 Å². The minimum Gasteiger partial charge on any atom is -0.465 e. The number of nitrogens with one attached hydrogen (secondary N) is 6. The highest BCUT2D eigenvalue weighted by Gasteiger charge is 2.40. The van der Waals surface area contributed by atoms with Crippen molar-refractivity contribution in [3.05, 3.63) is 95.1 Å². The van der Waals surface area contributed by atoms with Crippen LogP contribution in [0.15, 0.2) is 72.8 Å². The lowest BCUT2D eigenvalue weighted by molar-refractivity contribution is -0.870. The van der Waals surface area contributed by atoms with E-state index in [1.54, 1.807) is 72.8 Å². The molecule has 0 heterocycles. The van der Waals surface area contributed by atoms with E-state index in [0.29, 0.717) is 95.9 Å². The van der Waals surface area contributed by atoms with Gasteiger partial charge in [-0.15, -0.1) is 0 Å². The fraction of sp³-hybridized carbons (Fsp3) is 0.548. The number of ether oxygens (including phenoxy) is 8. The minimum absolute atomic E-state index is 0.0519. The summed E-state index contributed by atoms with van der Waals surface area (Å²) in [6.45, 7) is 7.03. The summed E-state index contributed by atoms with van der Waals surface area (Å²) in [4.78, 5) is 124. The van der Waals surface area contributed by atoms with Gasteiger partial charge in [-0.05, 0) is 112 Å². The number of urea groups is 2. The van der Waals surface area contributed by atoms with Crippen molar-refractivity contribution in [3.8, 4) is 0 Å². The third-order valence-corrected chi connectivity index (χ3v) is 13.0. The molecule has 26 heteroatoms. The summed E-state index contributed by atoms with van der Waals surface area (Å²) in [5.74, 6) is -3.19. The van der Waals surface area contributed by atoms with Crippen LogP contribution in [0.1, 0.15) is 111 Å². The maximum Gasteiger partial charge on any atom is 0.508 e. The number of nitrogens with zero attached hydrogens (tertiary/aromatic N) is 2. The van der Waals surface area contributed by atoms with E-state index in [-0.39, 0.29) is 64.5 Å². The van der Waals surface area contributed by atoms with Gasteiger partial charge in [-0.25, -0.2) is 19.2 Å². The highest BCUT2D eigenvalue weighted by Crippen LogP contribution is 2.23. The van der Waals surface area contributed by atoms with Gasteiger partial charge in [0.1, 0.15) is 37.3 Å². The first kappa shape index (κ1) is 73.7. The molecule has 0 saturated heterocycles. The molecule has 2 atom stereocenters. The van der Waals surface area contributed by atoms with Gasteiger partial charge < -0.3 is 78.8 Å². The Labute approximate surface area is 515 Å². The van der Waals surface area contributed by atoms with Crippen LogP contribution in [0.4, 0.5) is 30.6 Å². The molecular formula is C62H92N8O18+2. The molecule has 0 aliphatic heterocycles. The van der Waals surface area contributed by atoms with Crippen LogP contribution in [0.3, 0.4) is 0 Å². The number of rotatable bonds is 38. The predicted octanol–water partition coefficient (Wildman–Crippen LogP) is 6.85. The topological polar surface area (TPSA) is 317 Å². The molecule has 3 rings (SSSR count). The molecule has 2 unspecified atom stereocenters. The van der Waals surface area contributed by atoms with Crippen molar-refractivity contribution >= 4 is 71.4 Å². The van der Waals surface area contributed by atoms with Crippen LogP contribution in [0.25, 0.3) is 0 Å². The molecule has 0 bridgehead atoms. The number of anilines is 2. The standard InChI is InChI=1S/C62H90N8O18/c1-45(71)85-41-61(3,55(75)81-37-17-33-69(5,6)7)43-87-59(79)83-35-15-11-13-31-63-57(77)67-51-27-19-47(20-28-51)39-65-53(73)49-23-25-50(26-24-49)54(74)66-40-48-21-29-52(30-22-48)68-58(78)64-32-14-12-16-36-84-60(80)88-44-62(4,42-86-46(2)72)56(76)82-38-18-34-70(8,9)10/h19-30H,11-18,31-44H2,1-10H3,(H4-2,63,64,65,66,67,68,73,74,77,78)/p+2. The zero-order chi connectivity index (χ0) is 65.2. The number of hydrogen-bond donors (Lipinski definition) is 6. The monoisotopic (exact) mass is 1240 g/mol. The highest BCUT2D eigenvalue weighted by molar-refractivity contribution is 5.98. The van der Waals surface area contributed by atoms with Crippen molar-refractivity contribution in [1.82, 2.24) is 21.3 Å². The lowest BCUT2D eigenvalue weighted by Gasteiger charge is -2.27. The third-order valence-electron chi connectivity index (χ3n) is 13.0. The van der Waals surface area contributed by atoms with E-state index < -0.39 is 72.3 Å². The highest BCUT2D eigenvalue weighted by atomic mass is 16.7. The Bertz CT molecular complexity index is 2550. The normalized spacial score (nSPS) is 12.5. The van der Waals surface area contributed by atoms with Gasteiger partial charge in [0.25, 0.3) is 11.8 Å². The molecule has 3 aromatic carbocycles. The Balaban J connectivity index is 1.25. The molecule has 0 spiro atoms. The van der Waals surface area contributed by atoms with Crippen molar-refractivity contribution in [2.24, 2.45) is 10.8 Å². The lowest BCUT2D eigenvalue weighted by atomic mass is 9.93. The van der Waals surface area contributed by atoms with Gasteiger partial charge in [-0.3, -0.25) is 28.8 Å². The molecule has 6 N–H and O–H groups in total. The second kappa shape index (κ2) is 37.9. The van der Waals surface area contributed by atoms with E-state index in [9.17, 15) is 47.9 Å². The van der Waals surface area contributed by atoms with Crippen LogP contribution in [0, 0.1) is 10.8 Å². The van der Waals surface area contributed by atoms with Gasteiger partial charge in [0.2, 0.25) is 0 Å². The average molecular weight is 1240 g/mol. The van der Waals surface area contributed by atoms with E-state index in [1.807, 2.05) is 42.3 Å².